The number of halogens is 2. The number of thiophene rings is 1. The van der Waals surface area contributed by atoms with E-state index in [-0.39, 0.29) is 0 Å². The highest BCUT2D eigenvalue weighted by molar-refractivity contribution is 7.80. The van der Waals surface area contributed by atoms with Gasteiger partial charge in [-0.2, -0.15) is 5.10 Å². The number of nitrogens with zero attached hydrogens (tertiary/aromatic N) is 2. The van der Waals surface area contributed by atoms with E-state index in [4.69, 9.17) is 40.2 Å². The number of methoxy groups -OCH3 is 1. The van der Waals surface area contributed by atoms with Crippen molar-refractivity contribution in [3.63, 3.8) is 0 Å². The summed E-state index contributed by atoms with van der Waals surface area (Å²) in [6, 6.07) is 8.96. The molecule has 0 bridgehead atoms. The van der Waals surface area contributed by atoms with Crippen LogP contribution in [0, 0.1) is 0 Å². The first kappa shape index (κ1) is 21.6. The number of benzene rings is 1. The maximum Gasteiger partial charge on any atom is 0.340 e. The van der Waals surface area contributed by atoms with Crippen molar-refractivity contribution in [2.75, 3.05) is 17.7 Å². The van der Waals surface area contributed by atoms with Crippen LogP contribution >= 0.6 is 46.8 Å². The SMILES string of the molecule is CCc1cc(C(=O)OC)c(NC(=S)Nc2ccn(Cc3ccc(Cl)cc3Cl)n2)s1. The molecule has 0 saturated heterocycles. The Labute approximate surface area is 187 Å². The molecule has 2 aromatic heterocycles. The Bertz CT molecular complexity index is 1050. The quantitative estimate of drug-likeness (QED) is 0.369. The number of hydrogen-bond acceptors (Lipinski definition) is 5. The van der Waals surface area contributed by atoms with Gasteiger partial charge in [-0.25, -0.2) is 4.79 Å². The summed E-state index contributed by atoms with van der Waals surface area (Å²) >= 11 is 19.0. The van der Waals surface area contributed by atoms with E-state index in [2.05, 4.69) is 15.7 Å². The molecule has 0 unspecified atom stereocenters. The molecular formula is C19H18Cl2N4O2S2. The van der Waals surface area contributed by atoms with Crippen molar-refractivity contribution < 1.29 is 9.53 Å². The van der Waals surface area contributed by atoms with Crippen LogP contribution in [-0.2, 0) is 17.7 Å². The molecule has 0 spiro atoms. The number of rotatable bonds is 6. The summed E-state index contributed by atoms with van der Waals surface area (Å²) in [6.07, 6.45) is 2.63. The van der Waals surface area contributed by atoms with Crippen molar-refractivity contribution in [2.24, 2.45) is 0 Å². The van der Waals surface area contributed by atoms with Gasteiger partial charge in [0.15, 0.2) is 10.9 Å². The molecular weight excluding hydrogens is 451 g/mol. The van der Waals surface area contributed by atoms with Crippen LogP contribution in [0.5, 0.6) is 0 Å². The van der Waals surface area contributed by atoms with Crippen LogP contribution < -0.4 is 10.6 Å². The van der Waals surface area contributed by atoms with Crippen molar-refractivity contribution in [3.8, 4) is 0 Å². The minimum atomic E-state index is -0.407. The van der Waals surface area contributed by atoms with Gasteiger partial charge in [0, 0.05) is 27.2 Å². The summed E-state index contributed by atoms with van der Waals surface area (Å²) in [7, 11) is 1.35. The molecule has 2 heterocycles. The van der Waals surface area contributed by atoms with Gasteiger partial charge in [-0.3, -0.25) is 4.68 Å². The largest absolute Gasteiger partial charge is 0.465 e. The molecule has 2 N–H and O–H groups in total. The summed E-state index contributed by atoms with van der Waals surface area (Å²) < 4.78 is 6.58. The average Bonchev–Trinajstić information content (AvgIpc) is 3.30. The molecule has 0 aliphatic heterocycles. The number of nitrogens with one attached hydrogen (secondary N) is 2. The van der Waals surface area contributed by atoms with Gasteiger partial charge in [-0.05, 0) is 42.4 Å². The topological polar surface area (TPSA) is 68.2 Å². The Morgan fingerprint density at radius 3 is 2.76 bits per heavy atom. The average molecular weight is 469 g/mol. The van der Waals surface area contributed by atoms with Gasteiger partial charge in [0.25, 0.3) is 0 Å². The summed E-state index contributed by atoms with van der Waals surface area (Å²) in [6.45, 7) is 2.52. The van der Waals surface area contributed by atoms with E-state index in [9.17, 15) is 4.79 Å². The zero-order valence-electron chi connectivity index (χ0n) is 15.7. The number of ether oxygens (including phenoxy) is 1. The lowest BCUT2D eigenvalue weighted by molar-refractivity contribution is 0.0602. The normalized spacial score (nSPS) is 10.6. The second-order valence-corrected chi connectivity index (χ2v) is 8.40. The second kappa shape index (κ2) is 9.58. The van der Waals surface area contributed by atoms with Gasteiger partial charge in [0.2, 0.25) is 0 Å². The van der Waals surface area contributed by atoms with Crippen LogP contribution in [0.1, 0.15) is 27.7 Å². The number of carbonyl (C=O) groups excluding carboxylic acids is 1. The van der Waals surface area contributed by atoms with Gasteiger partial charge in [-0.15, -0.1) is 11.3 Å². The van der Waals surface area contributed by atoms with E-state index in [1.807, 2.05) is 25.3 Å². The lowest BCUT2D eigenvalue weighted by atomic mass is 10.2. The lowest BCUT2D eigenvalue weighted by Gasteiger charge is -2.09. The van der Waals surface area contributed by atoms with Crippen LogP contribution in [0.25, 0.3) is 0 Å². The van der Waals surface area contributed by atoms with Crippen molar-refractivity contribution in [1.29, 1.82) is 0 Å². The van der Waals surface area contributed by atoms with Crippen molar-refractivity contribution in [3.05, 3.63) is 62.6 Å². The van der Waals surface area contributed by atoms with Crippen LogP contribution in [0.2, 0.25) is 10.0 Å². The van der Waals surface area contributed by atoms with E-state index in [0.29, 0.717) is 38.1 Å². The number of carbonyl (C=O) groups is 1. The van der Waals surface area contributed by atoms with Gasteiger partial charge in [-0.1, -0.05) is 36.2 Å². The standard InChI is InChI=1S/C19H18Cl2N4O2S2/c1-3-13-9-14(18(26)27-2)17(29-13)23-19(28)22-16-6-7-25(24-16)10-11-4-5-12(20)8-15(11)21/h4-9H,3,10H2,1-2H3,(H2,22,23,24,28). The van der Waals surface area contributed by atoms with Crippen molar-refractivity contribution in [2.45, 2.75) is 19.9 Å². The molecule has 0 fully saturated rings. The number of thiocarbonyl (C=S) groups is 1. The number of aromatic nitrogens is 2. The summed E-state index contributed by atoms with van der Waals surface area (Å²) in [5.41, 5.74) is 1.36. The van der Waals surface area contributed by atoms with E-state index in [0.717, 1.165) is 16.9 Å². The summed E-state index contributed by atoms with van der Waals surface area (Å²) in [4.78, 5) is 13.0. The zero-order chi connectivity index (χ0) is 21.0. The predicted molar refractivity (Wildman–Crippen MR) is 123 cm³/mol. The molecule has 0 aliphatic rings. The van der Waals surface area contributed by atoms with Crippen LogP contribution in [0.4, 0.5) is 10.8 Å². The fourth-order valence-electron chi connectivity index (χ4n) is 2.56. The highest BCUT2D eigenvalue weighted by atomic mass is 35.5. The molecule has 3 rings (SSSR count). The first-order valence-electron chi connectivity index (χ1n) is 8.66. The van der Waals surface area contributed by atoms with Crippen molar-refractivity contribution in [1.82, 2.24) is 9.78 Å². The molecule has 1 aromatic carbocycles. The smallest absolute Gasteiger partial charge is 0.340 e. The molecule has 0 atom stereocenters. The minimum Gasteiger partial charge on any atom is -0.465 e. The Hall–Kier alpha value is -2.13. The molecule has 6 nitrogen and oxygen atoms in total. The molecule has 0 saturated carbocycles. The van der Waals surface area contributed by atoms with Crippen LogP contribution in [-0.4, -0.2) is 28.0 Å². The molecule has 152 valence electrons. The van der Waals surface area contributed by atoms with E-state index < -0.39 is 5.97 Å². The molecule has 0 amide bonds. The maximum absolute atomic E-state index is 12.0. The van der Waals surface area contributed by atoms with Gasteiger partial charge in [0.1, 0.15) is 5.00 Å². The molecule has 10 heteroatoms. The number of aryl methyl sites for hydroxylation is 1. The monoisotopic (exact) mass is 468 g/mol. The van der Waals surface area contributed by atoms with Crippen molar-refractivity contribution >= 4 is 68.7 Å². The van der Waals surface area contributed by atoms with E-state index >= 15 is 0 Å². The number of esters is 1. The Balaban J connectivity index is 1.66. The fourth-order valence-corrected chi connectivity index (χ4v) is 4.29. The van der Waals surface area contributed by atoms with E-state index in [1.165, 1.54) is 18.4 Å². The summed E-state index contributed by atoms with van der Waals surface area (Å²) in [5, 5.41) is 12.7. The van der Waals surface area contributed by atoms with Gasteiger partial charge in [0.05, 0.1) is 19.2 Å². The highest BCUT2D eigenvalue weighted by Gasteiger charge is 2.17. The molecule has 3 aromatic rings. The minimum absolute atomic E-state index is 0.328. The lowest BCUT2D eigenvalue weighted by Crippen LogP contribution is -2.20. The molecule has 0 radical (unpaired) electrons. The first-order chi connectivity index (χ1) is 13.9. The maximum atomic E-state index is 12.0. The Kier molecular flexibility index (Phi) is 7.13. The highest BCUT2D eigenvalue weighted by Crippen LogP contribution is 2.29. The number of hydrogen-bond donors (Lipinski definition) is 2. The van der Waals surface area contributed by atoms with Gasteiger partial charge >= 0.3 is 5.97 Å². The predicted octanol–water partition coefficient (Wildman–Crippen LogP) is 5.46. The zero-order valence-corrected chi connectivity index (χ0v) is 18.8. The third kappa shape index (κ3) is 5.48. The Morgan fingerprint density at radius 1 is 1.28 bits per heavy atom. The third-order valence-corrected chi connectivity index (χ3v) is 5.98. The molecule has 29 heavy (non-hydrogen) atoms. The second-order valence-electron chi connectivity index (χ2n) is 6.01. The third-order valence-electron chi connectivity index (χ3n) is 3.99. The van der Waals surface area contributed by atoms with E-state index in [1.54, 1.807) is 22.9 Å². The first-order valence-corrected chi connectivity index (χ1v) is 10.6. The van der Waals surface area contributed by atoms with Gasteiger partial charge < -0.3 is 15.4 Å². The summed E-state index contributed by atoms with van der Waals surface area (Å²) in [5.74, 6) is 0.162. The van der Waals surface area contributed by atoms with Crippen LogP contribution in [0.3, 0.4) is 0 Å². The van der Waals surface area contributed by atoms with Crippen LogP contribution in [0.15, 0.2) is 36.5 Å². The Morgan fingerprint density at radius 2 is 2.07 bits per heavy atom. The fraction of sp³-hybridized carbons (Fsp3) is 0.211. The molecule has 0 aliphatic carbocycles. The number of anilines is 2.